The summed E-state index contributed by atoms with van der Waals surface area (Å²) in [6.45, 7) is 8.23. The summed E-state index contributed by atoms with van der Waals surface area (Å²) < 4.78 is 26.9. The standard InChI is InChI=1S/C21H29N3O3S/c1-15(2)23-28(26,27)20-12-10-19(11-13-20)22-21(25)17(4)24(5)14-18-9-7-6-8-16(18)3/h6-13,15,17,23H,14H2,1-5H3,(H,22,25)/p+1/t17-/m0/s1. The lowest BCUT2D eigenvalue weighted by Crippen LogP contribution is -3.12. The van der Waals surface area contributed by atoms with Crippen molar-refractivity contribution in [2.24, 2.45) is 0 Å². The normalized spacial score (nSPS) is 13.9. The average Bonchev–Trinajstić information content (AvgIpc) is 2.62. The van der Waals surface area contributed by atoms with E-state index in [1.54, 1.807) is 26.0 Å². The SMILES string of the molecule is Cc1ccccc1C[NH+](C)[C@@H](C)C(=O)Nc1ccc(S(=O)(=O)NC(C)C)cc1. The van der Waals surface area contributed by atoms with Crippen LogP contribution >= 0.6 is 0 Å². The first-order chi connectivity index (χ1) is 13.1. The molecule has 6 nitrogen and oxygen atoms in total. The van der Waals surface area contributed by atoms with Crippen LogP contribution in [0.25, 0.3) is 0 Å². The number of nitrogens with one attached hydrogen (secondary N) is 3. The van der Waals surface area contributed by atoms with Gasteiger partial charge < -0.3 is 10.2 Å². The Morgan fingerprint density at radius 3 is 2.21 bits per heavy atom. The number of likely N-dealkylation sites (N-methyl/N-ethyl adjacent to an activating group) is 1. The van der Waals surface area contributed by atoms with Crippen LogP contribution in [0, 0.1) is 6.92 Å². The maximum atomic E-state index is 12.6. The van der Waals surface area contributed by atoms with E-state index in [1.807, 2.05) is 26.1 Å². The van der Waals surface area contributed by atoms with Crippen LogP contribution in [0.1, 0.15) is 31.9 Å². The maximum Gasteiger partial charge on any atom is 0.282 e. The lowest BCUT2D eigenvalue weighted by Gasteiger charge is -2.22. The Morgan fingerprint density at radius 2 is 1.64 bits per heavy atom. The minimum Gasteiger partial charge on any atom is -0.324 e. The second-order valence-electron chi connectivity index (χ2n) is 7.46. The van der Waals surface area contributed by atoms with Crippen molar-refractivity contribution in [2.45, 2.75) is 51.2 Å². The van der Waals surface area contributed by atoms with Crippen LogP contribution in [-0.4, -0.2) is 33.5 Å². The first-order valence-corrected chi connectivity index (χ1v) is 10.9. The molecule has 1 unspecified atom stereocenters. The van der Waals surface area contributed by atoms with Crippen molar-refractivity contribution in [3.63, 3.8) is 0 Å². The van der Waals surface area contributed by atoms with E-state index in [2.05, 4.69) is 29.1 Å². The number of carbonyl (C=O) groups excluding carboxylic acids is 1. The van der Waals surface area contributed by atoms with E-state index in [0.29, 0.717) is 5.69 Å². The monoisotopic (exact) mass is 404 g/mol. The molecule has 1 amide bonds. The van der Waals surface area contributed by atoms with Crippen LogP contribution < -0.4 is 14.9 Å². The summed E-state index contributed by atoms with van der Waals surface area (Å²) in [6, 6.07) is 13.9. The Hall–Kier alpha value is -2.22. The van der Waals surface area contributed by atoms with Crippen LogP contribution in [0.15, 0.2) is 53.4 Å². The highest BCUT2D eigenvalue weighted by Crippen LogP contribution is 2.14. The number of hydrogen-bond donors (Lipinski definition) is 3. The minimum atomic E-state index is -3.54. The van der Waals surface area contributed by atoms with Gasteiger partial charge in [-0.3, -0.25) is 4.79 Å². The van der Waals surface area contributed by atoms with Gasteiger partial charge in [-0.2, -0.15) is 0 Å². The van der Waals surface area contributed by atoms with Crippen LogP contribution in [0.2, 0.25) is 0 Å². The van der Waals surface area contributed by atoms with Crippen molar-refractivity contribution >= 4 is 21.6 Å². The van der Waals surface area contributed by atoms with Crippen molar-refractivity contribution in [2.75, 3.05) is 12.4 Å². The van der Waals surface area contributed by atoms with Crippen LogP contribution in [-0.2, 0) is 21.4 Å². The third-order valence-corrected chi connectivity index (χ3v) is 6.36. The molecule has 0 saturated carbocycles. The van der Waals surface area contributed by atoms with Crippen LogP contribution in [0.3, 0.4) is 0 Å². The van der Waals surface area contributed by atoms with E-state index in [9.17, 15) is 13.2 Å². The van der Waals surface area contributed by atoms with E-state index < -0.39 is 10.0 Å². The molecule has 152 valence electrons. The zero-order valence-electron chi connectivity index (χ0n) is 17.1. The fourth-order valence-electron chi connectivity index (χ4n) is 2.83. The minimum absolute atomic E-state index is 0.109. The van der Waals surface area contributed by atoms with Crippen molar-refractivity contribution in [3.8, 4) is 0 Å². The summed E-state index contributed by atoms with van der Waals surface area (Å²) in [4.78, 5) is 13.8. The van der Waals surface area contributed by atoms with E-state index in [4.69, 9.17) is 0 Å². The molecule has 0 heterocycles. The number of quaternary nitrogens is 1. The fourth-order valence-corrected chi connectivity index (χ4v) is 4.08. The highest BCUT2D eigenvalue weighted by atomic mass is 32.2. The number of rotatable bonds is 8. The first kappa shape index (κ1) is 22.1. The lowest BCUT2D eigenvalue weighted by molar-refractivity contribution is -0.907. The largest absolute Gasteiger partial charge is 0.324 e. The Labute approximate surface area is 168 Å². The molecule has 0 saturated heterocycles. The van der Waals surface area contributed by atoms with Gasteiger partial charge in [0.2, 0.25) is 10.0 Å². The molecular weight excluding hydrogens is 374 g/mol. The molecule has 0 aliphatic rings. The topological polar surface area (TPSA) is 79.7 Å². The van der Waals surface area contributed by atoms with Crippen molar-refractivity contribution in [3.05, 3.63) is 59.7 Å². The Kier molecular flexibility index (Phi) is 7.35. The number of anilines is 1. The zero-order chi connectivity index (χ0) is 20.9. The Bertz CT molecular complexity index is 909. The maximum absolute atomic E-state index is 12.6. The molecule has 7 heteroatoms. The fraction of sp³-hybridized carbons (Fsp3) is 0.381. The average molecular weight is 405 g/mol. The van der Waals surface area contributed by atoms with Gasteiger partial charge in [0, 0.05) is 17.3 Å². The van der Waals surface area contributed by atoms with E-state index in [0.717, 1.165) is 11.4 Å². The van der Waals surface area contributed by atoms with Gasteiger partial charge in [0.25, 0.3) is 5.91 Å². The Balaban J connectivity index is 2.01. The highest BCUT2D eigenvalue weighted by molar-refractivity contribution is 7.89. The van der Waals surface area contributed by atoms with Gasteiger partial charge in [0.1, 0.15) is 6.54 Å². The molecule has 0 radical (unpaired) electrons. The van der Waals surface area contributed by atoms with Gasteiger partial charge in [0.15, 0.2) is 6.04 Å². The third-order valence-electron chi connectivity index (χ3n) is 4.69. The molecule has 2 atom stereocenters. The number of hydrogen-bond acceptors (Lipinski definition) is 3. The molecule has 0 spiro atoms. The van der Waals surface area contributed by atoms with Gasteiger partial charge in [-0.05, 0) is 57.5 Å². The summed E-state index contributed by atoms with van der Waals surface area (Å²) in [5.74, 6) is -0.109. The molecule has 0 bridgehead atoms. The molecule has 0 aromatic heterocycles. The van der Waals surface area contributed by atoms with Gasteiger partial charge in [0.05, 0.1) is 11.9 Å². The highest BCUT2D eigenvalue weighted by Gasteiger charge is 2.23. The molecule has 28 heavy (non-hydrogen) atoms. The molecule has 3 N–H and O–H groups in total. The molecule has 2 aromatic carbocycles. The van der Waals surface area contributed by atoms with Gasteiger partial charge >= 0.3 is 0 Å². The molecular formula is C21H30N3O3S+. The number of aryl methyl sites for hydroxylation is 1. The van der Waals surface area contributed by atoms with E-state index >= 15 is 0 Å². The quantitative estimate of drug-likeness (QED) is 0.627. The number of carbonyl (C=O) groups is 1. The van der Waals surface area contributed by atoms with E-state index in [-0.39, 0.29) is 22.9 Å². The lowest BCUT2D eigenvalue weighted by atomic mass is 10.1. The number of amides is 1. The molecule has 0 aliphatic carbocycles. The van der Waals surface area contributed by atoms with Crippen molar-refractivity contribution in [1.29, 1.82) is 0 Å². The van der Waals surface area contributed by atoms with Gasteiger partial charge in [-0.15, -0.1) is 0 Å². The van der Waals surface area contributed by atoms with Crippen molar-refractivity contribution in [1.82, 2.24) is 4.72 Å². The van der Waals surface area contributed by atoms with E-state index in [1.165, 1.54) is 23.3 Å². The summed E-state index contributed by atoms with van der Waals surface area (Å²) in [5.41, 5.74) is 3.00. The second-order valence-corrected chi connectivity index (χ2v) is 9.17. The van der Waals surface area contributed by atoms with Crippen LogP contribution in [0.5, 0.6) is 0 Å². The molecule has 0 fully saturated rings. The molecule has 0 aliphatic heterocycles. The zero-order valence-corrected chi connectivity index (χ0v) is 17.9. The van der Waals surface area contributed by atoms with Gasteiger partial charge in [-0.1, -0.05) is 24.3 Å². The number of benzene rings is 2. The second kappa shape index (κ2) is 9.32. The van der Waals surface area contributed by atoms with Gasteiger partial charge in [-0.25, -0.2) is 13.1 Å². The van der Waals surface area contributed by atoms with Crippen LogP contribution in [0.4, 0.5) is 5.69 Å². The predicted octanol–water partition coefficient (Wildman–Crippen LogP) is 1.72. The summed E-state index contributed by atoms with van der Waals surface area (Å²) >= 11 is 0. The third kappa shape index (κ3) is 5.89. The predicted molar refractivity (Wildman–Crippen MR) is 112 cm³/mol. The first-order valence-electron chi connectivity index (χ1n) is 9.40. The Morgan fingerprint density at radius 1 is 1.04 bits per heavy atom. The smallest absolute Gasteiger partial charge is 0.282 e. The summed E-state index contributed by atoms with van der Waals surface area (Å²) in [5, 5.41) is 2.87. The van der Waals surface area contributed by atoms with Crippen molar-refractivity contribution < 1.29 is 18.1 Å². The summed E-state index contributed by atoms with van der Waals surface area (Å²) in [7, 11) is -1.55. The molecule has 2 aromatic rings. The summed E-state index contributed by atoms with van der Waals surface area (Å²) in [6.07, 6.45) is 0. The molecule has 2 rings (SSSR count). The number of sulfonamides is 1.